The van der Waals surface area contributed by atoms with E-state index in [1.165, 1.54) is 0 Å². The van der Waals surface area contributed by atoms with E-state index in [0.717, 1.165) is 17.3 Å². The van der Waals surface area contributed by atoms with Gasteiger partial charge in [0, 0.05) is 31.5 Å². The van der Waals surface area contributed by atoms with Gasteiger partial charge < -0.3 is 15.0 Å². The summed E-state index contributed by atoms with van der Waals surface area (Å²) in [6.07, 6.45) is -6.85. The molecule has 0 spiro atoms. The summed E-state index contributed by atoms with van der Waals surface area (Å²) in [5.74, 6) is -0.0251. The number of hydrogen-bond acceptors (Lipinski definition) is 7. The molecule has 0 radical (unpaired) electrons. The van der Waals surface area contributed by atoms with Crippen LogP contribution < -0.4 is 15.0 Å². The Balaban J connectivity index is 1.38. The number of rotatable bonds is 7. The van der Waals surface area contributed by atoms with Gasteiger partial charge in [-0.2, -0.15) is 30.7 Å². The molecule has 1 aliphatic heterocycles. The minimum atomic E-state index is -4.89. The van der Waals surface area contributed by atoms with Gasteiger partial charge in [0.15, 0.2) is 0 Å². The van der Waals surface area contributed by atoms with Crippen LogP contribution in [-0.2, 0) is 30.2 Å². The van der Waals surface area contributed by atoms with E-state index in [1.807, 2.05) is 4.90 Å². The Labute approximate surface area is 205 Å². The van der Waals surface area contributed by atoms with Crippen LogP contribution in [-0.4, -0.2) is 38.8 Å². The number of alkyl halides is 6. The third kappa shape index (κ3) is 6.22. The van der Waals surface area contributed by atoms with E-state index in [-0.39, 0.29) is 13.2 Å². The molecule has 1 N–H and O–H groups in total. The summed E-state index contributed by atoms with van der Waals surface area (Å²) in [6, 6.07) is 4.22. The monoisotopic (exact) mass is 531 g/mol. The minimum absolute atomic E-state index is 0.244. The molecule has 0 aliphatic carbocycles. The number of carbonyl (C=O) groups is 1. The van der Waals surface area contributed by atoms with Crippen LogP contribution in [0.1, 0.15) is 28.7 Å². The van der Waals surface area contributed by atoms with Crippen LogP contribution >= 0.6 is 11.7 Å². The fourth-order valence-corrected chi connectivity index (χ4v) is 4.33. The van der Waals surface area contributed by atoms with E-state index in [1.54, 1.807) is 24.5 Å². The number of nitrogens with zero attached hydrogens (tertiary/aromatic N) is 4. The molecule has 3 heterocycles. The summed E-state index contributed by atoms with van der Waals surface area (Å²) in [4.78, 5) is 18.2. The van der Waals surface area contributed by atoms with Gasteiger partial charge in [0.1, 0.15) is 6.61 Å². The Morgan fingerprint density at radius 2 is 1.83 bits per heavy atom. The lowest BCUT2D eigenvalue weighted by Gasteiger charge is -2.18. The van der Waals surface area contributed by atoms with Gasteiger partial charge >= 0.3 is 12.4 Å². The molecule has 7 nitrogen and oxygen atoms in total. The summed E-state index contributed by atoms with van der Waals surface area (Å²) >= 11 is 0.947. The molecule has 1 aliphatic rings. The molecule has 3 aromatic rings. The molecule has 0 bridgehead atoms. The number of benzene rings is 1. The zero-order valence-electron chi connectivity index (χ0n) is 18.4. The lowest BCUT2D eigenvalue weighted by atomic mass is 10.00. The Bertz CT molecular complexity index is 1200. The molecule has 192 valence electrons. The predicted molar refractivity (Wildman–Crippen MR) is 117 cm³/mol. The van der Waals surface area contributed by atoms with Crippen LogP contribution in [0.4, 0.5) is 32.2 Å². The van der Waals surface area contributed by atoms with E-state index in [0.29, 0.717) is 42.9 Å². The van der Waals surface area contributed by atoms with Crippen LogP contribution in [0, 0.1) is 0 Å². The highest BCUT2D eigenvalue weighted by Gasteiger charge is 2.37. The molecule has 36 heavy (non-hydrogen) atoms. The molecular formula is C22H19F6N5O2S. The number of ether oxygens (including phenoxy) is 1. The van der Waals surface area contributed by atoms with Crippen LogP contribution in [0.15, 0.2) is 42.7 Å². The predicted octanol–water partition coefficient (Wildman–Crippen LogP) is 4.49. The lowest BCUT2D eigenvalue weighted by Crippen LogP contribution is -2.38. The summed E-state index contributed by atoms with van der Waals surface area (Å²) < 4.78 is 93.1. The van der Waals surface area contributed by atoms with Crippen molar-refractivity contribution in [2.45, 2.75) is 37.8 Å². The zero-order chi connectivity index (χ0) is 25.9. The van der Waals surface area contributed by atoms with E-state index in [2.05, 4.69) is 19.0 Å². The van der Waals surface area contributed by atoms with Crippen molar-refractivity contribution in [1.29, 1.82) is 0 Å². The van der Waals surface area contributed by atoms with Crippen LogP contribution in [0.5, 0.6) is 5.88 Å². The number of hydrogen-bond donors (Lipinski definition) is 1. The number of anilines is 1. The molecule has 2 aromatic heterocycles. The zero-order valence-corrected chi connectivity index (χ0v) is 19.3. The summed E-state index contributed by atoms with van der Waals surface area (Å²) in [5, 5.41) is 2.61. The first-order valence-corrected chi connectivity index (χ1v) is 11.4. The highest BCUT2D eigenvalue weighted by atomic mass is 32.1. The number of carbonyl (C=O) groups excluding carboxylic acids is 1. The minimum Gasteiger partial charge on any atom is -0.470 e. The van der Waals surface area contributed by atoms with Crippen LogP contribution in [0.2, 0.25) is 0 Å². The number of amides is 1. The van der Waals surface area contributed by atoms with E-state index < -0.39 is 47.4 Å². The fourth-order valence-electron chi connectivity index (χ4n) is 3.81. The Hall–Kier alpha value is -3.42. The third-order valence-corrected chi connectivity index (χ3v) is 6.01. The van der Waals surface area contributed by atoms with Crippen molar-refractivity contribution < 1.29 is 35.9 Å². The smallest absolute Gasteiger partial charge is 0.416 e. The molecule has 0 saturated carbocycles. The first kappa shape index (κ1) is 25.7. The molecule has 1 saturated heterocycles. The molecular weight excluding hydrogens is 512 g/mol. The normalized spacial score (nSPS) is 16.3. The van der Waals surface area contributed by atoms with Crippen molar-refractivity contribution in [2.24, 2.45) is 0 Å². The Morgan fingerprint density at radius 1 is 1.08 bits per heavy atom. The summed E-state index contributed by atoms with van der Waals surface area (Å²) in [6.45, 7) is 1.00. The van der Waals surface area contributed by atoms with Gasteiger partial charge in [-0.05, 0) is 47.9 Å². The van der Waals surface area contributed by atoms with E-state index >= 15 is 0 Å². The highest BCUT2D eigenvalue weighted by Crippen LogP contribution is 2.37. The average molecular weight is 531 g/mol. The van der Waals surface area contributed by atoms with Gasteiger partial charge in [0.05, 0.1) is 29.3 Å². The highest BCUT2D eigenvalue weighted by molar-refractivity contribution is 6.99. The van der Waals surface area contributed by atoms with Gasteiger partial charge in [-0.25, -0.2) is 0 Å². The third-order valence-electron chi connectivity index (χ3n) is 5.51. The molecule has 4 rings (SSSR count). The van der Waals surface area contributed by atoms with Gasteiger partial charge in [-0.3, -0.25) is 9.78 Å². The number of aromatic nitrogens is 3. The van der Waals surface area contributed by atoms with Gasteiger partial charge in [0.2, 0.25) is 11.7 Å². The second kappa shape index (κ2) is 10.3. The van der Waals surface area contributed by atoms with Crippen molar-refractivity contribution >= 4 is 23.5 Å². The molecule has 1 atom stereocenters. The largest absolute Gasteiger partial charge is 0.470 e. The average Bonchev–Trinajstić information content (AvgIpc) is 3.46. The van der Waals surface area contributed by atoms with Gasteiger partial charge in [0.25, 0.3) is 5.88 Å². The maximum absolute atomic E-state index is 13.3. The molecule has 1 amide bonds. The maximum atomic E-state index is 13.3. The number of nitrogens with one attached hydrogen (secondary N) is 1. The SMILES string of the molecule is O=C(Cc1cc(C(F)(F)F)ccc1C(F)(F)F)NC1CCN(c2nsnc2OCc2ccncc2)C1. The van der Waals surface area contributed by atoms with Gasteiger partial charge in [-0.15, -0.1) is 4.37 Å². The maximum Gasteiger partial charge on any atom is 0.416 e. The number of halogens is 6. The van der Waals surface area contributed by atoms with Gasteiger partial charge in [-0.1, -0.05) is 0 Å². The number of pyridine rings is 1. The Kier molecular flexibility index (Phi) is 7.33. The first-order valence-electron chi connectivity index (χ1n) is 10.7. The second-order valence-electron chi connectivity index (χ2n) is 8.08. The molecule has 1 aromatic carbocycles. The van der Waals surface area contributed by atoms with Crippen LogP contribution in [0.25, 0.3) is 0 Å². The standard InChI is InChI=1S/C22H19F6N5O2S/c23-21(24,25)15-1-2-17(22(26,27)28)14(9-15)10-18(34)30-16-5-8-33(11-16)19-20(32-36-31-19)35-12-13-3-6-29-7-4-13/h1-4,6-7,9,16H,5,8,10-12H2,(H,30,34). The molecule has 1 unspecified atom stereocenters. The topological polar surface area (TPSA) is 80.2 Å². The van der Waals surface area contributed by atoms with E-state index in [9.17, 15) is 31.1 Å². The summed E-state index contributed by atoms with van der Waals surface area (Å²) in [7, 11) is 0. The van der Waals surface area contributed by atoms with Crippen LogP contribution in [0.3, 0.4) is 0 Å². The van der Waals surface area contributed by atoms with Crippen molar-refractivity contribution in [3.63, 3.8) is 0 Å². The summed E-state index contributed by atoms with van der Waals surface area (Å²) in [5.41, 5.74) is -2.38. The second-order valence-corrected chi connectivity index (χ2v) is 8.61. The van der Waals surface area contributed by atoms with E-state index in [4.69, 9.17) is 4.74 Å². The van der Waals surface area contributed by atoms with Crippen molar-refractivity contribution in [2.75, 3.05) is 18.0 Å². The Morgan fingerprint density at radius 3 is 2.53 bits per heavy atom. The molecule has 1 fully saturated rings. The van der Waals surface area contributed by atoms with Crippen molar-refractivity contribution in [3.8, 4) is 5.88 Å². The fraction of sp³-hybridized carbons (Fsp3) is 0.364. The van der Waals surface area contributed by atoms with Crippen molar-refractivity contribution in [3.05, 3.63) is 65.0 Å². The lowest BCUT2D eigenvalue weighted by molar-refractivity contribution is -0.142. The molecule has 14 heteroatoms. The quantitative estimate of drug-likeness (QED) is 0.453. The first-order chi connectivity index (χ1) is 17.0. The van der Waals surface area contributed by atoms with Crippen molar-refractivity contribution in [1.82, 2.24) is 19.0 Å².